The highest BCUT2D eigenvalue weighted by Crippen LogP contribution is 2.41. The second-order valence-electron chi connectivity index (χ2n) is 9.80. The van der Waals surface area contributed by atoms with Gasteiger partial charge in [0.05, 0.1) is 11.3 Å². The summed E-state index contributed by atoms with van der Waals surface area (Å²) >= 11 is 0. The molecule has 0 fully saturated rings. The predicted molar refractivity (Wildman–Crippen MR) is 138 cm³/mol. The van der Waals surface area contributed by atoms with Crippen LogP contribution in [0.3, 0.4) is 0 Å². The summed E-state index contributed by atoms with van der Waals surface area (Å²) in [5.41, 5.74) is 3.32. The molecule has 7 nitrogen and oxygen atoms in total. The largest absolute Gasteiger partial charge is 0.478 e. The molecule has 1 unspecified atom stereocenters. The molecule has 0 spiro atoms. The van der Waals surface area contributed by atoms with Crippen molar-refractivity contribution in [2.75, 3.05) is 47.8 Å². The van der Waals surface area contributed by atoms with E-state index in [1.165, 1.54) is 6.08 Å². The molecule has 186 valence electrons. The van der Waals surface area contributed by atoms with Gasteiger partial charge in [-0.3, -0.25) is 10.2 Å². The smallest absolute Gasteiger partial charge is 0.335 e. The molecule has 7 heteroatoms. The number of likely N-dealkylation sites (N-methyl/N-ethyl adjacent to an activating group) is 3. The maximum Gasteiger partial charge on any atom is 0.335 e. The number of carbonyl (C=O) groups is 2. The molecule has 1 aliphatic rings. The molecule has 0 saturated carbocycles. The average molecular weight is 469 g/mol. The van der Waals surface area contributed by atoms with E-state index in [1.807, 2.05) is 47.3 Å². The minimum Gasteiger partial charge on any atom is -0.478 e. The number of aromatic carboxylic acids is 1. The molecule has 0 amide bonds. The number of carbonyl (C=O) groups excluding carboxylic acids is 1. The number of hydrogen-bond acceptors (Lipinski definition) is 6. The third-order valence-corrected chi connectivity index (χ3v) is 6.38. The summed E-state index contributed by atoms with van der Waals surface area (Å²) in [6.45, 7) is 6.98. The third-order valence-electron chi connectivity index (χ3n) is 6.38. The number of carboxylic acids is 1. The SMILES string of the molecule is CCc1ccc(C(=O)O)c(C2(C)CC(=O)C(=N)/C=C\C=C(\CN(C)C)C2)c1CN(C)CCNC. The Hall–Kier alpha value is -2.61. The molecule has 0 heterocycles. The van der Waals surface area contributed by atoms with Gasteiger partial charge >= 0.3 is 5.97 Å². The Morgan fingerprint density at radius 3 is 2.50 bits per heavy atom. The zero-order valence-corrected chi connectivity index (χ0v) is 21.5. The van der Waals surface area contributed by atoms with Gasteiger partial charge in [-0.1, -0.05) is 37.6 Å². The molecule has 1 atom stereocenters. The van der Waals surface area contributed by atoms with Crippen LogP contribution < -0.4 is 5.32 Å². The molecular weight excluding hydrogens is 428 g/mol. The Morgan fingerprint density at radius 2 is 1.91 bits per heavy atom. The monoisotopic (exact) mass is 468 g/mol. The lowest BCUT2D eigenvalue weighted by Crippen LogP contribution is -2.35. The lowest BCUT2D eigenvalue weighted by Gasteiger charge is -2.36. The van der Waals surface area contributed by atoms with Gasteiger partial charge in [-0.25, -0.2) is 4.79 Å². The lowest BCUT2D eigenvalue weighted by atomic mass is 9.69. The fourth-order valence-electron chi connectivity index (χ4n) is 4.86. The van der Waals surface area contributed by atoms with Gasteiger partial charge in [-0.05, 0) is 69.9 Å². The Labute approximate surface area is 204 Å². The van der Waals surface area contributed by atoms with Gasteiger partial charge < -0.3 is 20.2 Å². The van der Waals surface area contributed by atoms with Crippen LogP contribution in [0.15, 0.2) is 35.9 Å². The number of hydrogen-bond donors (Lipinski definition) is 3. The summed E-state index contributed by atoms with van der Waals surface area (Å²) in [5, 5.41) is 21.6. The van der Waals surface area contributed by atoms with Crippen molar-refractivity contribution in [3.8, 4) is 0 Å². The average Bonchev–Trinajstić information content (AvgIpc) is 2.80. The number of allylic oxidation sites excluding steroid dienone is 3. The molecule has 0 bridgehead atoms. The molecule has 0 aliphatic heterocycles. The Balaban J connectivity index is 2.76. The van der Waals surface area contributed by atoms with E-state index < -0.39 is 11.4 Å². The number of benzene rings is 1. The number of nitrogens with one attached hydrogen (secondary N) is 2. The fourth-order valence-corrected chi connectivity index (χ4v) is 4.86. The zero-order valence-electron chi connectivity index (χ0n) is 21.5. The van der Waals surface area contributed by atoms with Gasteiger partial charge in [-0.15, -0.1) is 0 Å². The van der Waals surface area contributed by atoms with E-state index >= 15 is 0 Å². The van der Waals surface area contributed by atoms with Crippen LogP contribution in [0.4, 0.5) is 0 Å². The van der Waals surface area contributed by atoms with Gasteiger partial charge in [0, 0.05) is 38.0 Å². The van der Waals surface area contributed by atoms with Crippen molar-refractivity contribution in [1.29, 1.82) is 5.41 Å². The van der Waals surface area contributed by atoms with Crippen molar-refractivity contribution in [2.45, 2.75) is 45.1 Å². The van der Waals surface area contributed by atoms with Crippen molar-refractivity contribution in [1.82, 2.24) is 15.1 Å². The van der Waals surface area contributed by atoms with E-state index in [-0.39, 0.29) is 23.5 Å². The first kappa shape index (κ1) is 27.6. The van der Waals surface area contributed by atoms with Crippen LogP contribution in [0.1, 0.15) is 53.7 Å². The summed E-state index contributed by atoms with van der Waals surface area (Å²) in [5.74, 6) is -1.26. The van der Waals surface area contributed by atoms with E-state index in [1.54, 1.807) is 12.1 Å². The fraction of sp³-hybridized carbons (Fsp3) is 0.519. The molecule has 1 aromatic rings. The summed E-state index contributed by atoms with van der Waals surface area (Å²) in [4.78, 5) is 29.8. The Bertz CT molecular complexity index is 980. The van der Waals surface area contributed by atoms with E-state index in [9.17, 15) is 14.7 Å². The van der Waals surface area contributed by atoms with Gasteiger partial charge in [0.1, 0.15) is 0 Å². The first-order valence-corrected chi connectivity index (χ1v) is 11.9. The molecule has 1 aromatic carbocycles. The molecule has 3 N–H and O–H groups in total. The number of Topliss-reactive ketones (excluding diaryl/α,β-unsaturated/α-hetero) is 1. The second kappa shape index (κ2) is 12.2. The number of nitrogens with zero attached hydrogens (tertiary/aromatic N) is 2. The number of ketones is 1. The van der Waals surface area contributed by atoms with Crippen LogP contribution >= 0.6 is 0 Å². The molecule has 34 heavy (non-hydrogen) atoms. The van der Waals surface area contributed by atoms with Crippen LogP contribution in [0.5, 0.6) is 0 Å². The summed E-state index contributed by atoms with van der Waals surface area (Å²) in [7, 11) is 7.92. The zero-order chi connectivity index (χ0) is 25.5. The molecule has 0 aromatic heterocycles. The van der Waals surface area contributed by atoms with Gasteiger partial charge in [-0.2, -0.15) is 0 Å². The van der Waals surface area contributed by atoms with Crippen molar-refractivity contribution in [3.05, 3.63) is 58.2 Å². The number of rotatable bonds is 10. The Kier molecular flexibility index (Phi) is 9.91. The lowest BCUT2D eigenvalue weighted by molar-refractivity contribution is -0.114. The van der Waals surface area contributed by atoms with Crippen LogP contribution in [0, 0.1) is 5.41 Å². The number of aryl methyl sites for hydroxylation is 1. The predicted octanol–water partition coefficient (Wildman–Crippen LogP) is 3.28. The summed E-state index contributed by atoms with van der Waals surface area (Å²) in [6.07, 6.45) is 6.66. The van der Waals surface area contributed by atoms with E-state index in [2.05, 4.69) is 22.0 Å². The van der Waals surface area contributed by atoms with Crippen LogP contribution in [-0.4, -0.2) is 80.2 Å². The normalized spacial score (nSPS) is 21.7. The minimum absolute atomic E-state index is 0.0511. The first-order chi connectivity index (χ1) is 16.0. The highest BCUT2D eigenvalue weighted by molar-refractivity contribution is 6.43. The summed E-state index contributed by atoms with van der Waals surface area (Å²) < 4.78 is 0. The van der Waals surface area contributed by atoms with E-state index in [4.69, 9.17) is 5.41 Å². The van der Waals surface area contributed by atoms with Crippen molar-refractivity contribution >= 4 is 17.5 Å². The van der Waals surface area contributed by atoms with Gasteiger partial charge in [0.25, 0.3) is 0 Å². The van der Waals surface area contributed by atoms with E-state index in [0.717, 1.165) is 41.8 Å². The molecule has 0 saturated heterocycles. The highest BCUT2D eigenvalue weighted by atomic mass is 16.4. The van der Waals surface area contributed by atoms with E-state index in [0.29, 0.717) is 19.5 Å². The third kappa shape index (κ3) is 6.95. The Morgan fingerprint density at radius 1 is 1.21 bits per heavy atom. The maximum absolute atomic E-state index is 13.1. The van der Waals surface area contributed by atoms with Crippen LogP contribution in [-0.2, 0) is 23.2 Å². The quantitative estimate of drug-likeness (QED) is 0.488. The van der Waals surface area contributed by atoms with Crippen molar-refractivity contribution < 1.29 is 14.7 Å². The number of carboxylic acid groups (broad SMARTS) is 1. The highest BCUT2D eigenvalue weighted by Gasteiger charge is 2.38. The van der Waals surface area contributed by atoms with Crippen molar-refractivity contribution in [3.63, 3.8) is 0 Å². The molecule has 1 aliphatic carbocycles. The summed E-state index contributed by atoms with van der Waals surface area (Å²) in [6, 6.07) is 3.60. The standard InChI is InChI=1S/C27H40N4O3/c1-7-20-11-12-21(26(33)34)25(22(20)18-31(6)14-13-29-3)27(2)15-19(17-30(4)5)9-8-10-23(28)24(32)16-27/h8-12,28-29H,7,13-18H2,1-6H3,(H,33,34)/b10-8-,19-9+,28-23?. The second-order valence-corrected chi connectivity index (χ2v) is 9.80. The van der Waals surface area contributed by atoms with Crippen molar-refractivity contribution in [2.24, 2.45) is 0 Å². The van der Waals surface area contributed by atoms with Gasteiger partial charge in [0.2, 0.25) is 0 Å². The molecule has 2 rings (SSSR count). The van der Waals surface area contributed by atoms with Crippen LogP contribution in [0.25, 0.3) is 0 Å². The molecule has 0 radical (unpaired) electrons. The van der Waals surface area contributed by atoms with Crippen LogP contribution in [0.2, 0.25) is 0 Å². The maximum atomic E-state index is 13.1. The topological polar surface area (TPSA) is 96.7 Å². The molecular formula is C27H40N4O3. The first-order valence-electron chi connectivity index (χ1n) is 11.9. The minimum atomic E-state index is -0.989. The van der Waals surface area contributed by atoms with Gasteiger partial charge in [0.15, 0.2) is 5.78 Å².